The third-order valence-corrected chi connectivity index (χ3v) is 2.97. The number of hydrogen-bond acceptors (Lipinski definition) is 2. The van der Waals surface area contributed by atoms with E-state index in [9.17, 15) is 9.59 Å². The van der Waals surface area contributed by atoms with Crippen molar-refractivity contribution in [2.24, 2.45) is 0 Å². The minimum atomic E-state index is -0.457. The van der Waals surface area contributed by atoms with Crippen LogP contribution in [0.25, 0.3) is 10.9 Å². The van der Waals surface area contributed by atoms with E-state index < -0.39 is 6.04 Å². The van der Waals surface area contributed by atoms with Crippen LogP contribution in [0.2, 0.25) is 0 Å². The lowest BCUT2D eigenvalue weighted by Crippen LogP contribution is -2.40. The lowest BCUT2D eigenvalue weighted by molar-refractivity contribution is -0.125. The predicted octanol–water partition coefficient (Wildman–Crippen LogP) is 1.80. The zero-order valence-corrected chi connectivity index (χ0v) is 10.5. The van der Waals surface area contributed by atoms with Gasteiger partial charge in [-0.2, -0.15) is 0 Å². The van der Waals surface area contributed by atoms with Crippen molar-refractivity contribution in [2.45, 2.75) is 26.3 Å². The summed E-state index contributed by atoms with van der Waals surface area (Å²) in [6.07, 6.45) is 2.40. The number of aromatic nitrogens is 1. The highest BCUT2D eigenvalue weighted by Crippen LogP contribution is 2.19. The fourth-order valence-electron chi connectivity index (χ4n) is 2.06. The highest BCUT2D eigenvalue weighted by molar-refractivity contribution is 5.88. The number of amides is 1. The smallest absolute Gasteiger partial charge is 0.217 e. The van der Waals surface area contributed by atoms with Crippen LogP contribution in [0.1, 0.15) is 19.4 Å². The summed E-state index contributed by atoms with van der Waals surface area (Å²) in [6.45, 7) is 2.92. The Balaban J connectivity index is 2.26. The Morgan fingerprint density at radius 2 is 2.00 bits per heavy atom. The van der Waals surface area contributed by atoms with E-state index >= 15 is 0 Å². The topological polar surface area (TPSA) is 62.0 Å². The van der Waals surface area contributed by atoms with Crippen LogP contribution in [0, 0.1) is 0 Å². The number of para-hydroxylation sites is 1. The van der Waals surface area contributed by atoms with E-state index in [0.29, 0.717) is 6.42 Å². The number of carbonyl (C=O) groups excluding carboxylic acids is 2. The Hall–Kier alpha value is -2.10. The summed E-state index contributed by atoms with van der Waals surface area (Å²) in [6, 6.07) is 7.45. The largest absolute Gasteiger partial charge is 0.361 e. The molecule has 4 nitrogen and oxygen atoms in total. The highest BCUT2D eigenvalue weighted by atomic mass is 16.2. The van der Waals surface area contributed by atoms with Crippen molar-refractivity contribution in [3.63, 3.8) is 0 Å². The second-order valence-electron chi connectivity index (χ2n) is 4.43. The van der Waals surface area contributed by atoms with Gasteiger partial charge in [-0.15, -0.1) is 0 Å². The number of rotatable bonds is 4. The number of nitrogens with one attached hydrogen (secondary N) is 2. The van der Waals surface area contributed by atoms with Crippen molar-refractivity contribution >= 4 is 22.6 Å². The maximum atomic E-state index is 11.5. The van der Waals surface area contributed by atoms with Gasteiger partial charge in [0.05, 0.1) is 6.04 Å². The van der Waals surface area contributed by atoms with E-state index in [-0.39, 0.29) is 11.7 Å². The van der Waals surface area contributed by atoms with Crippen LogP contribution in [0.4, 0.5) is 0 Å². The summed E-state index contributed by atoms with van der Waals surface area (Å²) in [5, 5.41) is 3.77. The van der Waals surface area contributed by atoms with Gasteiger partial charge < -0.3 is 10.3 Å². The molecule has 0 bridgehead atoms. The number of ketones is 1. The number of hydrogen-bond donors (Lipinski definition) is 2. The molecule has 0 saturated heterocycles. The molecule has 0 saturated carbocycles. The molecule has 1 heterocycles. The summed E-state index contributed by atoms with van der Waals surface area (Å²) in [4.78, 5) is 25.8. The van der Waals surface area contributed by atoms with Gasteiger partial charge in [-0.25, -0.2) is 0 Å². The van der Waals surface area contributed by atoms with Gasteiger partial charge in [-0.1, -0.05) is 18.2 Å². The molecule has 0 aliphatic rings. The molecule has 0 aliphatic heterocycles. The molecule has 1 atom stereocenters. The lowest BCUT2D eigenvalue weighted by Gasteiger charge is -2.14. The van der Waals surface area contributed by atoms with Crippen LogP contribution in [0.5, 0.6) is 0 Å². The van der Waals surface area contributed by atoms with Gasteiger partial charge in [-0.3, -0.25) is 9.59 Å². The lowest BCUT2D eigenvalue weighted by atomic mass is 10.0. The van der Waals surface area contributed by atoms with Crippen molar-refractivity contribution in [3.05, 3.63) is 36.0 Å². The molecule has 0 spiro atoms. The fourth-order valence-corrected chi connectivity index (χ4v) is 2.06. The van der Waals surface area contributed by atoms with E-state index in [0.717, 1.165) is 16.5 Å². The van der Waals surface area contributed by atoms with Crippen molar-refractivity contribution in [3.8, 4) is 0 Å². The molecular weight excluding hydrogens is 228 g/mol. The van der Waals surface area contributed by atoms with E-state index in [2.05, 4.69) is 10.3 Å². The molecule has 1 aromatic carbocycles. The molecule has 1 amide bonds. The van der Waals surface area contributed by atoms with Crippen LogP contribution in [-0.4, -0.2) is 22.7 Å². The SMILES string of the molecule is CC(=O)NC(Cc1c[nH]c2ccccc12)C(C)=O. The molecule has 2 aromatic rings. The number of benzene rings is 1. The summed E-state index contributed by atoms with van der Waals surface area (Å²) in [7, 11) is 0. The monoisotopic (exact) mass is 244 g/mol. The fraction of sp³-hybridized carbons (Fsp3) is 0.286. The maximum absolute atomic E-state index is 11.5. The van der Waals surface area contributed by atoms with Gasteiger partial charge in [0.25, 0.3) is 0 Å². The number of aromatic amines is 1. The number of fused-ring (bicyclic) bond motifs is 1. The molecule has 0 aliphatic carbocycles. The van der Waals surface area contributed by atoms with Crippen LogP contribution in [0.3, 0.4) is 0 Å². The molecule has 2 rings (SSSR count). The number of carbonyl (C=O) groups is 2. The zero-order chi connectivity index (χ0) is 13.1. The Bertz CT molecular complexity index is 586. The Labute approximate surface area is 105 Å². The molecule has 4 heteroatoms. The normalized spacial score (nSPS) is 12.3. The first-order chi connectivity index (χ1) is 8.58. The summed E-state index contributed by atoms with van der Waals surface area (Å²) >= 11 is 0. The quantitative estimate of drug-likeness (QED) is 0.861. The molecule has 94 valence electrons. The minimum absolute atomic E-state index is 0.0320. The maximum Gasteiger partial charge on any atom is 0.217 e. The van der Waals surface area contributed by atoms with Gasteiger partial charge in [0.1, 0.15) is 0 Å². The standard InChI is InChI=1S/C14H16N2O2/c1-9(17)14(16-10(2)18)7-11-8-15-13-6-4-3-5-12(11)13/h3-6,8,14-15H,7H2,1-2H3,(H,16,18). The van der Waals surface area contributed by atoms with E-state index in [1.54, 1.807) is 0 Å². The van der Waals surface area contributed by atoms with Crippen molar-refractivity contribution in [1.82, 2.24) is 10.3 Å². The number of Topliss-reactive ketones (excluding diaryl/α,β-unsaturated/α-hetero) is 1. The van der Waals surface area contributed by atoms with Crippen LogP contribution in [-0.2, 0) is 16.0 Å². The Morgan fingerprint density at radius 1 is 1.28 bits per heavy atom. The number of H-pyrrole nitrogens is 1. The molecule has 1 unspecified atom stereocenters. The first kappa shape index (κ1) is 12.4. The van der Waals surface area contributed by atoms with Crippen molar-refractivity contribution in [1.29, 1.82) is 0 Å². The summed E-state index contributed by atoms with van der Waals surface area (Å²) in [5.41, 5.74) is 2.08. The van der Waals surface area contributed by atoms with Crippen LogP contribution >= 0.6 is 0 Å². The average molecular weight is 244 g/mol. The van der Waals surface area contributed by atoms with Crippen molar-refractivity contribution < 1.29 is 9.59 Å². The third-order valence-electron chi connectivity index (χ3n) is 2.97. The van der Waals surface area contributed by atoms with Crippen LogP contribution in [0.15, 0.2) is 30.5 Å². The first-order valence-corrected chi connectivity index (χ1v) is 5.90. The van der Waals surface area contributed by atoms with E-state index in [1.165, 1.54) is 13.8 Å². The molecule has 0 fully saturated rings. The zero-order valence-electron chi connectivity index (χ0n) is 10.5. The molecule has 2 N–H and O–H groups in total. The second-order valence-corrected chi connectivity index (χ2v) is 4.43. The highest BCUT2D eigenvalue weighted by Gasteiger charge is 2.17. The third kappa shape index (κ3) is 2.59. The van der Waals surface area contributed by atoms with Crippen LogP contribution < -0.4 is 5.32 Å². The Kier molecular flexibility index (Phi) is 3.46. The molecule has 1 aromatic heterocycles. The predicted molar refractivity (Wildman–Crippen MR) is 70.3 cm³/mol. The van der Waals surface area contributed by atoms with Crippen molar-refractivity contribution in [2.75, 3.05) is 0 Å². The first-order valence-electron chi connectivity index (χ1n) is 5.90. The minimum Gasteiger partial charge on any atom is -0.361 e. The molecule has 18 heavy (non-hydrogen) atoms. The Morgan fingerprint density at radius 3 is 2.67 bits per heavy atom. The summed E-state index contributed by atoms with van der Waals surface area (Å²) < 4.78 is 0. The molecule has 0 radical (unpaired) electrons. The van der Waals surface area contributed by atoms with Gasteiger partial charge in [0.2, 0.25) is 5.91 Å². The summed E-state index contributed by atoms with van der Waals surface area (Å²) in [5.74, 6) is -0.217. The van der Waals surface area contributed by atoms with E-state index in [4.69, 9.17) is 0 Å². The van der Waals surface area contributed by atoms with Gasteiger partial charge in [0, 0.05) is 30.4 Å². The average Bonchev–Trinajstić information content (AvgIpc) is 2.71. The van der Waals surface area contributed by atoms with Gasteiger partial charge in [0.15, 0.2) is 5.78 Å². The van der Waals surface area contributed by atoms with E-state index in [1.807, 2.05) is 30.5 Å². The van der Waals surface area contributed by atoms with Gasteiger partial charge in [-0.05, 0) is 18.6 Å². The van der Waals surface area contributed by atoms with Gasteiger partial charge >= 0.3 is 0 Å². The second kappa shape index (κ2) is 5.04. The molecular formula is C14H16N2O2.